The van der Waals surface area contributed by atoms with Crippen molar-refractivity contribution in [3.63, 3.8) is 0 Å². The van der Waals surface area contributed by atoms with E-state index in [1.54, 1.807) is 6.08 Å². The van der Waals surface area contributed by atoms with E-state index in [2.05, 4.69) is 10.3 Å². The van der Waals surface area contributed by atoms with Crippen molar-refractivity contribution in [1.82, 2.24) is 15.2 Å². The number of imide groups is 1. The number of nitrogens with one attached hydrogen (secondary N) is 1. The van der Waals surface area contributed by atoms with E-state index in [1.165, 1.54) is 22.3 Å². The van der Waals surface area contributed by atoms with Crippen LogP contribution in [0.5, 0.6) is 0 Å². The molecule has 0 saturated carbocycles. The Labute approximate surface area is 107 Å². The lowest BCUT2D eigenvalue weighted by Crippen LogP contribution is -2.52. The minimum atomic E-state index is -0.461. The molecule has 1 saturated heterocycles. The van der Waals surface area contributed by atoms with Crippen LogP contribution in [0.1, 0.15) is 10.7 Å². The fourth-order valence-electron chi connectivity index (χ4n) is 1.51. The van der Waals surface area contributed by atoms with Crippen LogP contribution in [0.2, 0.25) is 0 Å². The topological polar surface area (TPSA) is 79.4 Å². The third-order valence-corrected chi connectivity index (χ3v) is 3.08. The van der Waals surface area contributed by atoms with Crippen LogP contribution in [0.15, 0.2) is 11.5 Å². The lowest BCUT2D eigenvalue weighted by Gasteiger charge is -2.24. The van der Waals surface area contributed by atoms with Crippen molar-refractivity contribution in [3.8, 4) is 0 Å². The van der Waals surface area contributed by atoms with Gasteiger partial charge < -0.3 is 4.90 Å². The molecular weight excluding hydrogens is 254 g/mol. The lowest BCUT2D eigenvalue weighted by molar-refractivity contribution is -0.143. The van der Waals surface area contributed by atoms with Gasteiger partial charge in [-0.05, 0) is 13.0 Å². The van der Waals surface area contributed by atoms with Crippen LogP contribution in [0.4, 0.5) is 0 Å². The summed E-state index contributed by atoms with van der Waals surface area (Å²) in [4.78, 5) is 39.3. The molecule has 94 valence electrons. The first-order chi connectivity index (χ1) is 8.54. The molecule has 0 aliphatic carbocycles. The summed E-state index contributed by atoms with van der Waals surface area (Å²) < 4.78 is 0. The molecule has 18 heavy (non-hydrogen) atoms. The van der Waals surface area contributed by atoms with Crippen LogP contribution in [0.3, 0.4) is 0 Å². The molecule has 2 heterocycles. The number of amides is 3. The molecule has 3 amide bonds. The second-order valence-electron chi connectivity index (χ2n) is 3.79. The van der Waals surface area contributed by atoms with E-state index in [9.17, 15) is 14.4 Å². The number of rotatable bonds is 2. The summed E-state index contributed by atoms with van der Waals surface area (Å²) in [5, 5.41) is 4.87. The molecule has 0 atom stereocenters. The van der Waals surface area contributed by atoms with E-state index < -0.39 is 11.8 Å². The van der Waals surface area contributed by atoms with E-state index in [0.717, 1.165) is 5.01 Å². The van der Waals surface area contributed by atoms with Crippen molar-refractivity contribution in [3.05, 3.63) is 22.2 Å². The van der Waals surface area contributed by atoms with Crippen molar-refractivity contribution < 1.29 is 14.4 Å². The SMILES string of the molecule is Cc1nc(C=CC(=O)N2CC(=O)NC(=O)C2)cs1. The number of carbonyl (C=O) groups excluding carboxylic acids is 3. The van der Waals surface area contributed by atoms with Crippen molar-refractivity contribution in [2.75, 3.05) is 13.1 Å². The van der Waals surface area contributed by atoms with Gasteiger partial charge >= 0.3 is 0 Å². The van der Waals surface area contributed by atoms with Crippen LogP contribution in [-0.4, -0.2) is 40.7 Å². The van der Waals surface area contributed by atoms with Gasteiger partial charge in [-0.3, -0.25) is 19.7 Å². The van der Waals surface area contributed by atoms with Gasteiger partial charge in [0.2, 0.25) is 17.7 Å². The maximum Gasteiger partial charge on any atom is 0.247 e. The molecular formula is C11H11N3O3S. The summed E-state index contributed by atoms with van der Waals surface area (Å²) in [7, 11) is 0. The molecule has 7 heteroatoms. The molecule has 2 rings (SSSR count). The first-order valence-corrected chi connectivity index (χ1v) is 6.14. The van der Waals surface area contributed by atoms with Gasteiger partial charge in [0.25, 0.3) is 0 Å². The first kappa shape index (κ1) is 12.4. The van der Waals surface area contributed by atoms with E-state index in [4.69, 9.17) is 0 Å². The Kier molecular flexibility index (Phi) is 3.52. The minimum absolute atomic E-state index is 0.0923. The highest BCUT2D eigenvalue weighted by atomic mass is 32.1. The average molecular weight is 265 g/mol. The highest BCUT2D eigenvalue weighted by Gasteiger charge is 2.24. The van der Waals surface area contributed by atoms with Crippen LogP contribution >= 0.6 is 11.3 Å². The van der Waals surface area contributed by atoms with Gasteiger partial charge in [0.1, 0.15) is 13.1 Å². The highest BCUT2D eigenvalue weighted by Crippen LogP contribution is 2.09. The fraction of sp³-hybridized carbons (Fsp3) is 0.273. The standard InChI is InChI=1S/C11H11N3O3S/c1-7-12-8(6-18-7)2-3-11(17)14-4-9(15)13-10(16)5-14/h2-3,6H,4-5H2,1H3,(H,13,15,16). The molecule has 0 spiro atoms. The Hall–Kier alpha value is -2.02. The van der Waals surface area contributed by atoms with Gasteiger partial charge in [0.05, 0.1) is 10.7 Å². The Balaban J connectivity index is 2.01. The normalized spacial score (nSPS) is 16.2. The van der Waals surface area contributed by atoms with Crippen molar-refractivity contribution >= 4 is 35.1 Å². The van der Waals surface area contributed by atoms with Crippen molar-refractivity contribution in [2.45, 2.75) is 6.92 Å². The Morgan fingerprint density at radius 2 is 2.11 bits per heavy atom. The van der Waals surface area contributed by atoms with Crippen LogP contribution in [-0.2, 0) is 14.4 Å². The third-order valence-electron chi connectivity index (χ3n) is 2.29. The summed E-state index contributed by atoms with van der Waals surface area (Å²) in [6.07, 6.45) is 2.89. The second kappa shape index (κ2) is 5.09. The summed E-state index contributed by atoms with van der Waals surface area (Å²) in [5.74, 6) is -1.29. The number of hydrogen-bond acceptors (Lipinski definition) is 5. The number of nitrogens with zero attached hydrogens (tertiary/aromatic N) is 2. The second-order valence-corrected chi connectivity index (χ2v) is 4.85. The summed E-state index contributed by atoms with van der Waals surface area (Å²) in [6, 6.07) is 0. The molecule has 1 aliphatic rings. The molecule has 0 aromatic carbocycles. The highest BCUT2D eigenvalue weighted by molar-refractivity contribution is 7.09. The molecule has 1 aromatic heterocycles. The predicted octanol–water partition coefficient (Wildman–Crippen LogP) is -0.0503. The van der Waals surface area contributed by atoms with Gasteiger partial charge in [-0.15, -0.1) is 11.3 Å². The molecule has 6 nitrogen and oxygen atoms in total. The molecule has 1 aromatic rings. The molecule has 1 aliphatic heterocycles. The fourth-order valence-corrected chi connectivity index (χ4v) is 2.09. The summed E-state index contributed by atoms with van der Waals surface area (Å²) in [5.41, 5.74) is 0.693. The van der Waals surface area contributed by atoms with Gasteiger partial charge in [-0.25, -0.2) is 4.98 Å². The van der Waals surface area contributed by atoms with E-state index in [0.29, 0.717) is 5.69 Å². The maximum absolute atomic E-state index is 11.8. The molecule has 1 fully saturated rings. The maximum atomic E-state index is 11.8. The molecule has 0 bridgehead atoms. The van der Waals surface area contributed by atoms with Crippen molar-refractivity contribution in [1.29, 1.82) is 0 Å². The zero-order valence-corrected chi connectivity index (χ0v) is 10.5. The third kappa shape index (κ3) is 3.01. The smallest absolute Gasteiger partial charge is 0.247 e. The Bertz CT molecular complexity index is 519. The van der Waals surface area contributed by atoms with Crippen LogP contribution in [0.25, 0.3) is 6.08 Å². The lowest BCUT2D eigenvalue weighted by atomic mass is 10.3. The van der Waals surface area contributed by atoms with E-state index >= 15 is 0 Å². The Morgan fingerprint density at radius 1 is 1.44 bits per heavy atom. The zero-order chi connectivity index (χ0) is 13.1. The molecule has 1 N–H and O–H groups in total. The van der Waals surface area contributed by atoms with Crippen molar-refractivity contribution in [2.24, 2.45) is 0 Å². The predicted molar refractivity (Wildman–Crippen MR) is 65.6 cm³/mol. The van der Waals surface area contributed by atoms with Gasteiger partial charge in [0.15, 0.2) is 0 Å². The summed E-state index contributed by atoms with van der Waals surface area (Å²) in [6.45, 7) is 1.69. The van der Waals surface area contributed by atoms with Crippen LogP contribution < -0.4 is 5.32 Å². The number of carbonyl (C=O) groups is 3. The van der Waals surface area contributed by atoms with Gasteiger partial charge in [-0.2, -0.15) is 0 Å². The molecule has 0 unspecified atom stereocenters. The molecule has 0 radical (unpaired) electrons. The monoisotopic (exact) mass is 265 g/mol. The van der Waals surface area contributed by atoms with Crippen LogP contribution in [0, 0.1) is 6.92 Å². The number of thiazole rings is 1. The zero-order valence-electron chi connectivity index (χ0n) is 9.67. The average Bonchev–Trinajstić information content (AvgIpc) is 2.70. The first-order valence-electron chi connectivity index (χ1n) is 5.26. The largest absolute Gasteiger partial charge is 0.321 e. The van der Waals surface area contributed by atoms with Gasteiger partial charge in [-0.1, -0.05) is 0 Å². The van der Waals surface area contributed by atoms with Gasteiger partial charge in [0, 0.05) is 11.5 Å². The minimum Gasteiger partial charge on any atom is -0.321 e. The number of aromatic nitrogens is 1. The van der Waals surface area contributed by atoms with E-state index in [-0.39, 0.29) is 19.0 Å². The quantitative estimate of drug-likeness (QED) is 0.600. The number of aryl methyl sites for hydroxylation is 1. The number of hydrogen-bond donors (Lipinski definition) is 1. The Morgan fingerprint density at radius 3 is 2.67 bits per heavy atom. The number of piperazine rings is 1. The summed E-state index contributed by atoms with van der Waals surface area (Å²) >= 11 is 1.49. The van der Waals surface area contributed by atoms with E-state index in [1.807, 2.05) is 12.3 Å².